The lowest BCUT2D eigenvalue weighted by Gasteiger charge is -2.12. The number of carbonyl (C=O) groups excluding carboxylic acids is 1. The number of anilines is 2. The maximum absolute atomic E-state index is 12.5. The van der Waals surface area contributed by atoms with Gasteiger partial charge >= 0.3 is 6.18 Å². The molecule has 0 aromatic heterocycles. The van der Waals surface area contributed by atoms with E-state index < -0.39 is 34.1 Å². The minimum atomic E-state index is -4.58. The van der Waals surface area contributed by atoms with Crippen molar-refractivity contribution in [2.75, 3.05) is 23.1 Å². The molecule has 0 fully saturated rings. The van der Waals surface area contributed by atoms with Gasteiger partial charge in [-0.3, -0.25) is 9.00 Å². The van der Waals surface area contributed by atoms with E-state index in [1.54, 1.807) is 0 Å². The van der Waals surface area contributed by atoms with Gasteiger partial charge in [-0.05, 0) is 18.2 Å². The first-order valence-corrected chi connectivity index (χ1v) is 6.49. The SMILES string of the molecule is CS(=O)CC(=O)Nc1ccc(N)c(C(F)(F)F)c1. The van der Waals surface area contributed by atoms with Crippen molar-refractivity contribution in [3.05, 3.63) is 23.8 Å². The number of amides is 1. The third kappa shape index (κ3) is 4.02. The average Bonchev–Trinajstić information content (AvgIpc) is 2.17. The second-order valence-corrected chi connectivity index (χ2v) is 5.00. The monoisotopic (exact) mass is 280 g/mol. The molecular formula is C10H11F3N2O2S. The Labute approximate surface area is 104 Å². The molecule has 0 bridgehead atoms. The minimum absolute atomic E-state index is 0.0352. The Morgan fingerprint density at radius 2 is 2.06 bits per heavy atom. The number of nitrogen functional groups attached to an aromatic ring is 1. The Bertz CT molecular complexity index is 489. The first kappa shape index (κ1) is 14.5. The molecule has 0 aliphatic heterocycles. The zero-order valence-corrected chi connectivity index (χ0v) is 10.2. The third-order valence-electron chi connectivity index (χ3n) is 1.98. The molecule has 0 saturated heterocycles. The molecule has 0 saturated carbocycles. The summed E-state index contributed by atoms with van der Waals surface area (Å²) in [7, 11) is -1.36. The predicted octanol–water partition coefficient (Wildman–Crippen LogP) is 1.60. The van der Waals surface area contributed by atoms with Crippen LogP contribution in [0.25, 0.3) is 0 Å². The van der Waals surface area contributed by atoms with Crippen molar-refractivity contribution in [2.24, 2.45) is 0 Å². The molecule has 0 aliphatic rings. The summed E-state index contributed by atoms with van der Waals surface area (Å²) in [6.07, 6.45) is -3.26. The van der Waals surface area contributed by atoms with Gasteiger partial charge in [-0.25, -0.2) is 0 Å². The Hall–Kier alpha value is -1.57. The van der Waals surface area contributed by atoms with Gasteiger partial charge in [0.1, 0.15) is 5.75 Å². The fourth-order valence-electron chi connectivity index (χ4n) is 1.26. The van der Waals surface area contributed by atoms with Crippen molar-refractivity contribution in [1.82, 2.24) is 0 Å². The lowest BCUT2D eigenvalue weighted by molar-refractivity contribution is -0.136. The van der Waals surface area contributed by atoms with Crippen LogP contribution in [0.4, 0.5) is 24.5 Å². The van der Waals surface area contributed by atoms with Crippen LogP contribution in [-0.4, -0.2) is 22.1 Å². The Morgan fingerprint density at radius 3 is 2.56 bits per heavy atom. The van der Waals surface area contributed by atoms with Crippen LogP contribution in [0.3, 0.4) is 0 Å². The van der Waals surface area contributed by atoms with Gasteiger partial charge < -0.3 is 11.1 Å². The van der Waals surface area contributed by atoms with Crippen LogP contribution in [0.15, 0.2) is 18.2 Å². The lowest BCUT2D eigenvalue weighted by atomic mass is 10.1. The minimum Gasteiger partial charge on any atom is -0.398 e. The van der Waals surface area contributed by atoms with Gasteiger partial charge in [0.25, 0.3) is 0 Å². The van der Waals surface area contributed by atoms with Crippen LogP contribution >= 0.6 is 0 Å². The van der Waals surface area contributed by atoms with E-state index in [1.807, 2.05) is 0 Å². The molecule has 0 aliphatic carbocycles. The largest absolute Gasteiger partial charge is 0.418 e. The van der Waals surface area contributed by atoms with Crippen molar-refractivity contribution < 1.29 is 22.2 Å². The number of benzene rings is 1. The molecule has 1 amide bonds. The van der Waals surface area contributed by atoms with Crippen molar-refractivity contribution >= 4 is 28.1 Å². The van der Waals surface area contributed by atoms with E-state index in [0.717, 1.165) is 12.1 Å². The number of rotatable bonds is 3. The van der Waals surface area contributed by atoms with Crippen LogP contribution in [0.2, 0.25) is 0 Å². The smallest absolute Gasteiger partial charge is 0.398 e. The molecule has 4 nitrogen and oxygen atoms in total. The highest BCUT2D eigenvalue weighted by molar-refractivity contribution is 7.85. The van der Waals surface area contributed by atoms with Gasteiger partial charge in [0, 0.05) is 28.4 Å². The Kier molecular flexibility index (Phi) is 4.33. The van der Waals surface area contributed by atoms with E-state index in [-0.39, 0.29) is 11.4 Å². The quantitative estimate of drug-likeness (QED) is 0.826. The van der Waals surface area contributed by atoms with Crippen LogP contribution in [0.5, 0.6) is 0 Å². The van der Waals surface area contributed by atoms with Crippen molar-refractivity contribution in [1.29, 1.82) is 0 Å². The van der Waals surface area contributed by atoms with E-state index >= 15 is 0 Å². The molecule has 0 heterocycles. The molecular weight excluding hydrogens is 269 g/mol. The van der Waals surface area contributed by atoms with Crippen LogP contribution in [0, 0.1) is 0 Å². The normalized spacial score (nSPS) is 13.1. The molecule has 18 heavy (non-hydrogen) atoms. The summed E-state index contributed by atoms with van der Waals surface area (Å²) in [5.74, 6) is -0.889. The molecule has 0 radical (unpaired) electrons. The summed E-state index contributed by atoms with van der Waals surface area (Å²) in [6.45, 7) is 0. The highest BCUT2D eigenvalue weighted by atomic mass is 32.2. The standard InChI is InChI=1S/C10H11F3N2O2S/c1-18(17)5-9(16)15-6-2-3-8(14)7(4-6)10(11,12)13/h2-4H,5,14H2,1H3,(H,15,16). The predicted molar refractivity (Wildman–Crippen MR) is 63.4 cm³/mol. The molecule has 100 valence electrons. The fourth-order valence-corrected chi connectivity index (χ4v) is 1.70. The fraction of sp³-hybridized carbons (Fsp3) is 0.300. The molecule has 1 aromatic carbocycles. The molecule has 3 N–H and O–H groups in total. The molecule has 1 unspecified atom stereocenters. The Morgan fingerprint density at radius 1 is 1.44 bits per heavy atom. The zero-order chi connectivity index (χ0) is 13.9. The van der Waals surface area contributed by atoms with E-state index in [0.29, 0.717) is 0 Å². The van der Waals surface area contributed by atoms with Crippen LogP contribution < -0.4 is 11.1 Å². The maximum Gasteiger partial charge on any atom is 0.418 e. The topological polar surface area (TPSA) is 72.2 Å². The highest BCUT2D eigenvalue weighted by Gasteiger charge is 2.33. The maximum atomic E-state index is 12.5. The second kappa shape index (κ2) is 5.38. The van der Waals surface area contributed by atoms with Gasteiger partial charge in [0.2, 0.25) is 5.91 Å². The van der Waals surface area contributed by atoms with Crippen LogP contribution in [0.1, 0.15) is 5.56 Å². The zero-order valence-electron chi connectivity index (χ0n) is 9.38. The van der Waals surface area contributed by atoms with E-state index in [9.17, 15) is 22.2 Å². The number of hydrogen-bond donors (Lipinski definition) is 2. The molecule has 1 rings (SSSR count). The number of nitrogens with one attached hydrogen (secondary N) is 1. The van der Waals surface area contributed by atoms with Crippen molar-refractivity contribution in [3.8, 4) is 0 Å². The molecule has 1 atom stereocenters. The summed E-state index contributed by atoms with van der Waals surface area (Å²) in [4.78, 5) is 11.3. The van der Waals surface area contributed by atoms with Gasteiger partial charge in [-0.2, -0.15) is 13.2 Å². The first-order chi connectivity index (χ1) is 8.20. The molecule has 1 aromatic rings. The summed E-state index contributed by atoms with van der Waals surface area (Å²) in [5, 5.41) is 2.23. The summed E-state index contributed by atoms with van der Waals surface area (Å²) in [6, 6.07) is 3.05. The molecule has 8 heteroatoms. The number of nitrogens with two attached hydrogens (primary N) is 1. The highest BCUT2D eigenvalue weighted by Crippen LogP contribution is 2.35. The first-order valence-electron chi connectivity index (χ1n) is 4.76. The Balaban J connectivity index is 2.92. The second-order valence-electron chi connectivity index (χ2n) is 3.57. The summed E-state index contributed by atoms with van der Waals surface area (Å²) >= 11 is 0. The van der Waals surface area contributed by atoms with E-state index in [4.69, 9.17) is 5.73 Å². The van der Waals surface area contributed by atoms with Gasteiger partial charge in [-0.1, -0.05) is 0 Å². The lowest BCUT2D eigenvalue weighted by Crippen LogP contribution is -2.19. The summed E-state index contributed by atoms with van der Waals surface area (Å²) in [5.41, 5.74) is 3.74. The van der Waals surface area contributed by atoms with Crippen molar-refractivity contribution in [3.63, 3.8) is 0 Å². The van der Waals surface area contributed by atoms with Gasteiger partial charge in [0.05, 0.1) is 5.56 Å². The molecule has 0 spiro atoms. The number of hydrogen-bond acceptors (Lipinski definition) is 3. The van der Waals surface area contributed by atoms with Crippen molar-refractivity contribution in [2.45, 2.75) is 6.18 Å². The number of alkyl halides is 3. The average molecular weight is 280 g/mol. The number of halogens is 3. The van der Waals surface area contributed by atoms with Crippen LogP contribution in [-0.2, 0) is 21.8 Å². The van der Waals surface area contributed by atoms with Gasteiger partial charge in [-0.15, -0.1) is 0 Å². The summed E-state index contributed by atoms with van der Waals surface area (Å²) < 4.78 is 48.4. The number of carbonyl (C=O) groups is 1. The van der Waals surface area contributed by atoms with E-state index in [2.05, 4.69) is 5.32 Å². The van der Waals surface area contributed by atoms with E-state index in [1.165, 1.54) is 12.3 Å². The third-order valence-corrected chi connectivity index (χ3v) is 2.65. The van der Waals surface area contributed by atoms with Gasteiger partial charge in [0.15, 0.2) is 0 Å².